The number of hydrogen-bond donors (Lipinski definition) is 2. The minimum absolute atomic E-state index is 0.251. The van der Waals surface area contributed by atoms with E-state index in [2.05, 4.69) is 41.5 Å². The highest BCUT2D eigenvalue weighted by molar-refractivity contribution is 5.73. The summed E-state index contributed by atoms with van der Waals surface area (Å²) >= 11 is 0. The van der Waals surface area contributed by atoms with Crippen molar-refractivity contribution in [3.63, 3.8) is 0 Å². The number of nitrogens with one attached hydrogen (secondary N) is 2. The van der Waals surface area contributed by atoms with Gasteiger partial charge in [-0.3, -0.25) is 4.57 Å². The van der Waals surface area contributed by atoms with Crippen molar-refractivity contribution in [3.8, 4) is 22.8 Å². The fourth-order valence-electron chi connectivity index (χ4n) is 4.94. The zero-order chi connectivity index (χ0) is 22.9. The number of aromatic nitrogens is 2. The van der Waals surface area contributed by atoms with Gasteiger partial charge in [0.2, 0.25) is 0 Å². The molecule has 2 aromatic carbocycles. The van der Waals surface area contributed by atoms with Crippen molar-refractivity contribution in [1.29, 1.82) is 0 Å². The van der Waals surface area contributed by atoms with Crippen LogP contribution in [0.4, 0.5) is 17.2 Å². The maximum Gasteiger partial charge on any atom is 0.350 e. The molecule has 33 heavy (non-hydrogen) atoms. The number of aryl methyl sites for hydroxylation is 1. The SMILES string of the molecule is COc1cc2c(cc1OC)-c1cc(Nc3ccc([NH+]4CCC(C)CC4)cc3)nc(=O)n1CC2. The summed E-state index contributed by atoms with van der Waals surface area (Å²) in [5.74, 6) is 2.72. The van der Waals surface area contributed by atoms with E-state index in [4.69, 9.17) is 9.47 Å². The van der Waals surface area contributed by atoms with Crippen LogP contribution in [-0.2, 0) is 13.0 Å². The molecule has 1 saturated heterocycles. The van der Waals surface area contributed by atoms with Gasteiger partial charge in [0, 0.05) is 36.0 Å². The predicted molar refractivity (Wildman–Crippen MR) is 129 cm³/mol. The van der Waals surface area contributed by atoms with Crippen molar-refractivity contribution in [2.24, 2.45) is 5.92 Å². The summed E-state index contributed by atoms with van der Waals surface area (Å²) in [5.41, 5.74) is 4.93. The first-order valence-electron chi connectivity index (χ1n) is 11.6. The van der Waals surface area contributed by atoms with Crippen LogP contribution in [0.1, 0.15) is 25.3 Å². The zero-order valence-electron chi connectivity index (χ0n) is 19.5. The topological polar surface area (TPSA) is 69.8 Å². The fourth-order valence-corrected chi connectivity index (χ4v) is 4.94. The first-order valence-corrected chi connectivity index (χ1v) is 11.6. The summed E-state index contributed by atoms with van der Waals surface area (Å²) < 4.78 is 12.7. The summed E-state index contributed by atoms with van der Waals surface area (Å²) in [6.07, 6.45) is 3.29. The number of hydrogen-bond acceptors (Lipinski definition) is 5. The number of ether oxygens (including phenoxy) is 2. The summed E-state index contributed by atoms with van der Waals surface area (Å²) in [6.45, 7) is 5.30. The monoisotopic (exact) mass is 447 g/mol. The lowest BCUT2D eigenvalue weighted by Crippen LogP contribution is -3.08. The second kappa shape index (κ2) is 8.90. The number of nitrogens with zero attached hydrogens (tertiary/aromatic N) is 2. The Morgan fingerprint density at radius 3 is 2.42 bits per heavy atom. The molecule has 7 nitrogen and oxygen atoms in total. The van der Waals surface area contributed by atoms with Crippen LogP contribution >= 0.6 is 0 Å². The third kappa shape index (κ3) is 4.20. The Kier molecular flexibility index (Phi) is 5.81. The zero-order valence-corrected chi connectivity index (χ0v) is 19.5. The van der Waals surface area contributed by atoms with E-state index in [1.165, 1.54) is 31.6 Å². The van der Waals surface area contributed by atoms with Crippen LogP contribution in [0.3, 0.4) is 0 Å². The van der Waals surface area contributed by atoms with Crippen molar-refractivity contribution < 1.29 is 14.4 Å². The van der Waals surface area contributed by atoms with E-state index < -0.39 is 0 Å². The molecule has 7 heteroatoms. The van der Waals surface area contributed by atoms with Gasteiger partial charge in [-0.15, -0.1) is 0 Å². The van der Waals surface area contributed by atoms with Gasteiger partial charge in [-0.1, -0.05) is 6.92 Å². The second-order valence-corrected chi connectivity index (χ2v) is 9.06. The van der Waals surface area contributed by atoms with Crippen molar-refractivity contribution in [1.82, 2.24) is 9.55 Å². The third-order valence-electron chi connectivity index (χ3n) is 6.94. The normalized spacial score (nSPS) is 19.4. The van der Waals surface area contributed by atoms with Gasteiger partial charge in [0.05, 0.1) is 33.0 Å². The molecule has 5 rings (SSSR count). The molecule has 3 heterocycles. The lowest BCUT2D eigenvalue weighted by atomic mass is 9.97. The Hall–Kier alpha value is -3.32. The van der Waals surface area contributed by atoms with Crippen LogP contribution < -0.4 is 25.4 Å². The van der Waals surface area contributed by atoms with Crippen LogP contribution in [0, 0.1) is 5.92 Å². The molecule has 2 aliphatic heterocycles. The van der Waals surface area contributed by atoms with Crippen molar-refractivity contribution >= 4 is 17.2 Å². The van der Waals surface area contributed by atoms with Crippen LogP contribution in [0.15, 0.2) is 47.3 Å². The van der Waals surface area contributed by atoms with Gasteiger partial charge in [-0.05, 0) is 55.0 Å². The first-order chi connectivity index (χ1) is 16.1. The molecule has 0 unspecified atom stereocenters. The smallest absolute Gasteiger partial charge is 0.350 e. The maximum absolute atomic E-state index is 12.8. The Balaban J connectivity index is 1.42. The highest BCUT2D eigenvalue weighted by Gasteiger charge is 2.22. The molecule has 1 aromatic heterocycles. The number of benzene rings is 2. The molecule has 1 fully saturated rings. The average molecular weight is 448 g/mol. The Morgan fingerprint density at radius 1 is 1.03 bits per heavy atom. The molecule has 0 bridgehead atoms. The van der Waals surface area contributed by atoms with Gasteiger partial charge in [-0.2, -0.15) is 4.98 Å². The van der Waals surface area contributed by atoms with Crippen molar-refractivity contribution in [3.05, 3.63) is 58.5 Å². The molecule has 172 valence electrons. The highest BCUT2D eigenvalue weighted by atomic mass is 16.5. The van der Waals surface area contributed by atoms with E-state index in [1.807, 2.05) is 18.2 Å². The Bertz CT molecular complexity index is 1210. The number of anilines is 2. The number of quaternary nitrogens is 1. The minimum Gasteiger partial charge on any atom is -0.493 e. The molecule has 0 aliphatic carbocycles. The van der Waals surface area contributed by atoms with E-state index in [0.29, 0.717) is 23.9 Å². The minimum atomic E-state index is -0.251. The van der Waals surface area contributed by atoms with Crippen molar-refractivity contribution in [2.45, 2.75) is 32.7 Å². The van der Waals surface area contributed by atoms with Gasteiger partial charge < -0.3 is 19.7 Å². The highest BCUT2D eigenvalue weighted by Crippen LogP contribution is 2.38. The first kappa shape index (κ1) is 21.5. The number of methoxy groups -OCH3 is 2. The molecule has 0 amide bonds. The molecule has 0 spiro atoms. The van der Waals surface area contributed by atoms with Gasteiger partial charge in [0.1, 0.15) is 11.5 Å². The molecular weight excluding hydrogens is 416 g/mol. The van der Waals surface area contributed by atoms with Crippen LogP contribution in [0.5, 0.6) is 11.5 Å². The number of fused-ring (bicyclic) bond motifs is 3. The second-order valence-electron chi connectivity index (χ2n) is 9.06. The molecule has 3 aromatic rings. The van der Waals surface area contributed by atoms with Crippen LogP contribution in [0.25, 0.3) is 11.3 Å². The maximum atomic E-state index is 12.8. The number of rotatable bonds is 5. The van der Waals surface area contributed by atoms with Crippen LogP contribution in [0.2, 0.25) is 0 Å². The van der Waals surface area contributed by atoms with E-state index in [1.54, 1.807) is 23.7 Å². The molecular formula is C26H31N4O3+. The average Bonchev–Trinajstić information content (AvgIpc) is 2.84. The predicted octanol–water partition coefficient (Wildman–Crippen LogP) is 3.17. The molecule has 0 atom stereocenters. The van der Waals surface area contributed by atoms with Crippen LogP contribution in [-0.4, -0.2) is 36.9 Å². The molecule has 2 N–H and O–H groups in total. The van der Waals surface area contributed by atoms with E-state index in [0.717, 1.165) is 34.8 Å². The van der Waals surface area contributed by atoms with Gasteiger partial charge in [0.15, 0.2) is 11.5 Å². The standard InChI is InChI=1S/C26H30N4O3/c1-17-8-11-29(12-9-17)20-6-4-19(5-7-20)27-25-16-22-21-15-24(33-3)23(32-2)14-18(21)10-13-30(22)26(31)28-25/h4-7,14-17H,8-13H2,1-3H3,(H,27,28,31)/p+1. The molecule has 2 aliphatic rings. The van der Waals surface area contributed by atoms with Gasteiger partial charge in [0.25, 0.3) is 0 Å². The largest absolute Gasteiger partial charge is 0.493 e. The quantitative estimate of drug-likeness (QED) is 0.629. The fraction of sp³-hybridized carbons (Fsp3) is 0.385. The molecule has 0 radical (unpaired) electrons. The lowest BCUT2D eigenvalue weighted by Gasteiger charge is -2.27. The lowest BCUT2D eigenvalue weighted by molar-refractivity contribution is -0.839. The Morgan fingerprint density at radius 2 is 1.73 bits per heavy atom. The molecule has 0 saturated carbocycles. The van der Waals surface area contributed by atoms with Crippen molar-refractivity contribution in [2.75, 3.05) is 32.6 Å². The summed E-state index contributed by atoms with van der Waals surface area (Å²) in [7, 11) is 3.26. The van der Waals surface area contributed by atoms with E-state index in [-0.39, 0.29) is 5.69 Å². The Labute approximate surface area is 194 Å². The summed E-state index contributed by atoms with van der Waals surface area (Å²) in [6, 6.07) is 14.4. The van der Waals surface area contributed by atoms with E-state index >= 15 is 0 Å². The third-order valence-corrected chi connectivity index (χ3v) is 6.94. The summed E-state index contributed by atoms with van der Waals surface area (Å²) in [5, 5.41) is 3.32. The van der Waals surface area contributed by atoms with E-state index in [9.17, 15) is 4.79 Å². The summed E-state index contributed by atoms with van der Waals surface area (Å²) in [4.78, 5) is 18.6. The number of piperidine rings is 1. The van der Waals surface area contributed by atoms with Gasteiger partial charge in [-0.25, -0.2) is 4.79 Å². The van der Waals surface area contributed by atoms with Gasteiger partial charge >= 0.3 is 5.69 Å².